The Labute approximate surface area is 148 Å². The van der Waals surface area contributed by atoms with E-state index in [1.165, 1.54) is 0 Å². The first kappa shape index (κ1) is 18.7. The topological polar surface area (TPSA) is 79.3 Å². The number of carbonyl (C=O) groups excluding carboxylic acids is 2. The number of amides is 2. The Hall–Kier alpha value is -1.60. The fraction of sp³-hybridized carbons (Fsp3) is 0.688. The number of hydrogen-bond donors (Lipinski definition) is 2. The monoisotopic (exact) mass is 355 g/mol. The second-order valence-electron chi connectivity index (χ2n) is 6.53. The molecule has 1 aromatic heterocycles. The third-order valence-corrected chi connectivity index (χ3v) is 4.80. The molecule has 0 saturated carbocycles. The Bertz CT molecular complexity index is 563. The molecule has 2 saturated heterocycles. The van der Waals surface area contributed by atoms with Gasteiger partial charge in [0.25, 0.3) is 5.91 Å². The summed E-state index contributed by atoms with van der Waals surface area (Å²) in [5.41, 5.74) is 0.590. The molecule has 0 radical (unpaired) electrons. The number of hydrogen-bond acceptors (Lipinski definition) is 4. The molecule has 24 heavy (non-hydrogen) atoms. The fourth-order valence-electron chi connectivity index (χ4n) is 3.35. The fourth-order valence-corrected chi connectivity index (χ4v) is 3.35. The number of halogens is 1. The Morgan fingerprint density at radius 1 is 1.33 bits per heavy atom. The van der Waals surface area contributed by atoms with E-state index in [1.54, 1.807) is 24.1 Å². The first-order valence-electron chi connectivity index (χ1n) is 8.42. The average molecular weight is 356 g/mol. The van der Waals surface area contributed by atoms with Gasteiger partial charge in [-0.3, -0.25) is 14.3 Å². The van der Waals surface area contributed by atoms with Crippen LogP contribution in [0.5, 0.6) is 0 Å². The molecule has 3 heterocycles. The molecule has 0 bridgehead atoms. The van der Waals surface area contributed by atoms with Crippen molar-refractivity contribution in [3.63, 3.8) is 0 Å². The molecule has 134 valence electrons. The van der Waals surface area contributed by atoms with Crippen LogP contribution < -0.4 is 10.6 Å². The minimum Gasteiger partial charge on any atom is -0.352 e. The summed E-state index contributed by atoms with van der Waals surface area (Å²) >= 11 is 0. The first-order chi connectivity index (χ1) is 11.1. The molecule has 2 aliphatic heterocycles. The van der Waals surface area contributed by atoms with Crippen molar-refractivity contribution >= 4 is 24.2 Å². The van der Waals surface area contributed by atoms with Gasteiger partial charge in [0, 0.05) is 32.9 Å². The third-order valence-electron chi connectivity index (χ3n) is 4.80. The van der Waals surface area contributed by atoms with E-state index in [0.29, 0.717) is 18.0 Å². The maximum atomic E-state index is 12.3. The van der Waals surface area contributed by atoms with Crippen LogP contribution in [0.15, 0.2) is 12.4 Å². The maximum absolute atomic E-state index is 12.3. The molecule has 8 heteroatoms. The molecule has 2 fully saturated rings. The van der Waals surface area contributed by atoms with Gasteiger partial charge in [-0.1, -0.05) is 0 Å². The second-order valence-corrected chi connectivity index (χ2v) is 6.53. The Morgan fingerprint density at radius 3 is 2.67 bits per heavy atom. The average Bonchev–Trinajstić information content (AvgIpc) is 3.24. The van der Waals surface area contributed by atoms with Crippen LogP contribution in [0.2, 0.25) is 0 Å². The first-order valence-corrected chi connectivity index (χ1v) is 8.42. The van der Waals surface area contributed by atoms with Gasteiger partial charge < -0.3 is 15.5 Å². The number of likely N-dealkylation sites (tertiary alicyclic amines) is 1. The van der Waals surface area contributed by atoms with Gasteiger partial charge in [-0.2, -0.15) is 5.10 Å². The van der Waals surface area contributed by atoms with Crippen molar-refractivity contribution in [3.8, 4) is 0 Å². The lowest BCUT2D eigenvalue weighted by molar-refractivity contribution is -0.134. The standard InChI is InChI=1S/C16H25N5O2.ClH/c1-20-11-13(10-19-20)15(22)18-9-12-4-7-21(8-5-12)16(23)14-3-2-6-17-14;/h10-12,14,17H,2-9H2,1H3,(H,18,22);1H. The van der Waals surface area contributed by atoms with Crippen LogP contribution in [0.25, 0.3) is 0 Å². The van der Waals surface area contributed by atoms with Gasteiger partial charge >= 0.3 is 0 Å². The molecule has 1 aromatic rings. The highest BCUT2D eigenvalue weighted by Gasteiger charge is 2.29. The van der Waals surface area contributed by atoms with Gasteiger partial charge in [0.05, 0.1) is 17.8 Å². The molecule has 1 unspecified atom stereocenters. The van der Waals surface area contributed by atoms with E-state index in [-0.39, 0.29) is 30.3 Å². The van der Waals surface area contributed by atoms with Gasteiger partial charge in [0.2, 0.25) is 5.91 Å². The van der Waals surface area contributed by atoms with Crippen molar-refractivity contribution in [1.82, 2.24) is 25.3 Å². The largest absolute Gasteiger partial charge is 0.352 e. The van der Waals surface area contributed by atoms with Gasteiger partial charge in [-0.05, 0) is 38.1 Å². The summed E-state index contributed by atoms with van der Waals surface area (Å²) in [6.07, 6.45) is 7.24. The minimum atomic E-state index is -0.0771. The van der Waals surface area contributed by atoms with Crippen molar-refractivity contribution in [2.45, 2.75) is 31.7 Å². The van der Waals surface area contributed by atoms with E-state index in [9.17, 15) is 9.59 Å². The zero-order valence-corrected chi connectivity index (χ0v) is 14.8. The van der Waals surface area contributed by atoms with E-state index in [2.05, 4.69) is 15.7 Å². The summed E-state index contributed by atoms with van der Waals surface area (Å²) in [4.78, 5) is 26.3. The molecule has 2 aliphatic rings. The smallest absolute Gasteiger partial charge is 0.254 e. The highest BCUT2D eigenvalue weighted by Crippen LogP contribution is 2.19. The van der Waals surface area contributed by atoms with Gasteiger partial charge in [-0.25, -0.2) is 0 Å². The number of nitrogens with zero attached hydrogens (tertiary/aromatic N) is 3. The number of aromatic nitrogens is 2. The predicted molar refractivity (Wildman–Crippen MR) is 93.1 cm³/mol. The van der Waals surface area contributed by atoms with Crippen LogP contribution in [0, 0.1) is 5.92 Å². The van der Waals surface area contributed by atoms with Crippen LogP contribution in [0.4, 0.5) is 0 Å². The van der Waals surface area contributed by atoms with E-state index >= 15 is 0 Å². The van der Waals surface area contributed by atoms with Crippen LogP contribution in [0.3, 0.4) is 0 Å². The molecular weight excluding hydrogens is 330 g/mol. The van der Waals surface area contributed by atoms with Crippen molar-refractivity contribution in [2.24, 2.45) is 13.0 Å². The maximum Gasteiger partial charge on any atom is 0.254 e. The minimum absolute atomic E-state index is 0. The molecule has 2 amide bonds. The number of carbonyl (C=O) groups is 2. The Morgan fingerprint density at radius 2 is 2.08 bits per heavy atom. The van der Waals surface area contributed by atoms with Crippen molar-refractivity contribution in [1.29, 1.82) is 0 Å². The lowest BCUT2D eigenvalue weighted by Gasteiger charge is -2.33. The number of piperidine rings is 1. The molecule has 2 N–H and O–H groups in total. The molecule has 0 aliphatic carbocycles. The molecule has 0 spiro atoms. The summed E-state index contributed by atoms with van der Waals surface area (Å²) in [6, 6.07) is 0.0248. The number of nitrogens with one attached hydrogen (secondary N) is 2. The second kappa shape index (κ2) is 8.48. The lowest BCUT2D eigenvalue weighted by Crippen LogP contribution is -2.48. The number of aryl methyl sites for hydroxylation is 1. The zero-order valence-electron chi connectivity index (χ0n) is 14.0. The highest BCUT2D eigenvalue weighted by atomic mass is 35.5. The van der Waals surface area contributed by atoms with E-state index in [4.69, 9.17) is 0 Å². The summed E-state index contributed by atoms with van der Waals surface area (Å²) in [5.74, 6) is 0.614. The Kier molecular flexibility index (Phi) is 6.62. The zero-order chi connectivity index (χ0) is 16.2. The van der Waals surface area contributed by atoms with Crippen LogP contribution in [-0.2, 0) is 11.8 Å². The normalized spacial score (nSPS) is 21.4. The van der Waals surface area contributed by atoms with Crippen LogP contribution >= 0.6 is 12.4 Å². The predicted octanol–water partition coefficient (Wildman–Crippen LogP) is 0.562. The van der Waals surface area contributed by atoms with E-state index in [0.717, 1.165) is 45.3 Å². The lowest BCUT2D eigenvalue weighted by atomic mass is 9.96. The molecular formula is C16H26ClN5O2. The summed E-state index contributed by atoms with van der Waals surface area (Å²) < 4.78 is 1.62. The van der Waals surface area contributed by atoms with Crippen molar-refractivity contribution < 1.29 is 9.59 Å². The van der Waals surface area contributed by atoms with Gasteiger partial charge in [0.15, 0.2) is 0 Å². The molecule has 0 aromatic carbocycles. The van der Waals surface area contributed by atoms with Crippen molar-refractivity contribution in [3.05, 3.63) is 18.0 Å². The molecule has 3 rings (SSSR count). The SMILES string of the molecule is Cl.Cn1cc(C(=O)NCC2CCN(C(=O)C3CCCN3)CC2)cn1. The van der Waals surface area contributed by atoms with Crippen LogP contribution in [0.1, 0.15) is 36.0 Å². The van der Waals surface area contributed by atoms with Gasteiger partial charge in [0.1, 0.15) is 0 Å². The van der Waals surface area contributed by atoms with E-state index < -0.39 is 0 Å². The summed E-state index contributed by atoms with van der Waals surface area (Å²) in [7, 11) is 1.79. The summed E-state index contributed by atoms with van der Waals surface area (Å²) in [5, 5.41) is 10.2. The van der Waals surface area contributed by atoms with Crippen LogP contribution in [-0.4, -0.2) is 58.7 Å². The molecule has 1 atom stereocenters. The molecule has 7 nitrogen and oxygen atoms in total. The quantitative estimate of drug-likeness (QED) is 0.827. The van der Waals surface area contributed by atoms with Gasteiger partial charge in [-0.15, -0.1) is 12.4 Å². The van der Waals surface area contributed by atoms with Crippen molar-refractivity contribution in [2.75, 3.05) is 26.2 Å². The highest BCUT2D eigenvalue weighted by molar-refractivity contribution is 5.93. The Balaban J connectivity index is 0.00000208. The van der Waals surface area contributed by atoms with E-state index in [1.807, 2.05) is 4.90 Å². The number of rotatable bonds is 4. The third kappa shape index (κ3) is 4.48. The summed E-state index contributed by atoms with van der Waals surface area (Å²) in [6.45, 7) is 3.21.